The molecule has 3 N–H and O–H groups in total. The zero-order valence-corrected chi connectivity index (χ0v) is 35.7. The number of sulfonamides is 1. The van der Waals surface area contributed by atoms with Crippen LogP contribution in [0.3, 0.4) is 0 Å². The van der Waals surface area contributed by atoms with Gasteiger partial charge in [-0.2, -0.15) is 0 Å². The van der Waals surface area contributed by atoms with E-state index >= 15 is 0 Å². The van der Waals surface area contributed by atoms with Crippen molar-refractivity contribution in [3.05, 3.63) is 144 Å². The molecular formula is C42H46N4O10S3. The Hall–Kier alpha value is -5.65. The Kier molecular flexibility index (Phi) is 13.6. The largest absolute Gasteiger partial charge is 0.451 e. The van der Waals surface area contributed by atoms with Gasteiger partial charge in [-0.25, -0.2) is 26.4 Å². The maximum atomic E-state index is 14.3. The van der Waals surface area contributed by atoms with Gasteiger partial charge in [0.25, 0.3) is 0 Å². The lowest BCUT2D eigenvalue weighted by Crippen LogP contribution is -2.73. The van der Waals surface area contributed by atoms with E-state index in [4.69, 9.17) is 9.47 Å². The number of nitrogens with zero attached hydrogens (tertiary/aromatic N) is 1. The summed E-state index contributed by atoms with van der Waals surface area (Å²) < 4.78 is 65.8. The molecule has 1 saturated heterocycles. The number of hydrogen-bond acceptors (Lipinski definition) is 11. The number of β-lactam (4-membered cyclic amide) rings is 1. The predicted octanol–water partition coefficient (Wildman–Crippen LogP) is 5.99. The summed E-state index contributed by atoms with van der Waals surface area (Å²) in [6.45, 7) is 12.1. The molecule has 5 rings (SSSR count). The molecule has 3 amide bonds. The Morgan fingerprint density at radius 2 is 1.39 bits per heavy atom. The Balaban J connectivity index is 1.52. The van der Waals surface area contributed by atoms with Gasteiger partial charge in [0, 0.05) is 16.5 Å². The van der Waals surface area contributed by atoms with Crippen LogP contribution in [0.15, 0.2) is 126 Å². The number of hydrogen-bond donors (Lipinski definition) is 3. The molecule has 0 aliphatic carbocycles. The molecule has 1 aliphatic heterocycles. The highest BCUT2D eigenvalue weighted by atomic mass is 33.1. The third-order valence-corrected chi connectivity index (χ3v) is 13.1. The molecule has 0 radical (unpaired) electrons. The van der Waals surface area contributed by atoms with E-state index in [1.54, 1.807) is 88.4 Å². The SMILES string of the molecule is C=C(C)C(C(=O)OC(c1ccccc1)c1ccccc1)N1C(=O)C(NC(=O)C(NC(=O)OC(C)(C)C)c2cccc(NS(C)(=O)=O)c2)C1SS(=O)(=O)c1ccc(C)cc1. The van der Waals surface area contributed by atoms with Gasteiger partial charge in [0.2, 0.25) is 30.7 Å². The first kappa shape index (κ1) is 44.5. The van der Waals surface area contributed by atoms with Crippen molar-refractivity contribution < 1.29 is 45.5 Å². The van der Waals surface area contributed by atoms with E-state index in [9.17, 15) is 36.0 Å². The Bertz CT molecular complexity index is 2380. The van der Waals surface area contributed by atoms with Crippen molar-refractivity contribution in [2.75, 3.05) is 11.0 Å². The van der Waals surface area contributed by atoms with E-state index in [2.05, 4.69) is 21.9 Å². The van der Waals surface area contributed by atoms with Crippen molar-refractivity contribution in [3.8, 4) is 0 Å². The van der Waals surface area contributed by atoms with Crippen LogP contribution in [-0.2, 0) is 42.7 Å². The number of aryl methyl sites for hydroxylation is 1. The van der Waals surface area contributed by atoms with Crippen LogP contribution in [0.25, 0.3) is 0 Å². The fourth-order valence-corrected chi connectivity index (χ4v) is 10.2. The van der Waals surface area contributed by atoms with Gasteiger partial charge in [-0.15, -0.1) is 0 Å². The first-order chi connectivity index (χ1) is 27.6. The van der Waals surface area contributed by atoms with Crippen molar-refractivity contribution in [2.24, 2.45) is 0 Å². The standard InChI is InChI=1S/C42H46N4O10S3/c1-26(2)35(40(49)55-36(28-15-10-8-11-16-28)29-17-12-9-13-18-29)46-38(48)34(39(46)57-59(53,54)32-23-21-27(3)22-24-32)43-37(47)33(44-41(50)56-42(4,5)6)30-19-14-20-31(25-30)45-58(7,51)52/h8-25,33-36,39,45H,1H2,2-7H3,(H,43,47)(H,44,50). The number of carbonyl (C=O) groups excluding carboxylic acids is 4. The van der Waals surface area contributed by atoms with Crippen LogP contribution >= 0.6 is 10.8 Å². The number of nitrogens with one attached hydrogen (secondary N) is 3. The molecule has 4 unspecified atom stereocenters. The fourth-order valence-electron chi connectivity index (χ4n) is 6.16. The number of esters is 1. The van der Waals surface area contributed by atoms with Gasteiger partial charge >= 0.3 is 12.1 Å². The van der Waals surface area contributed by atoms with Gasteiger partial charge in [0.1, 0.15) is 23.1 Å². The molecule has 4 aromatic carbocycles. The zero-order valence-electron chi connectivity index (χ0n) is 33.2. The van der Waals surface area contributed by atoms with E-state index in [1.807, 2.05) is 12.1 Å². The van der Waals surface area contributed by atoms with Crippen LogP contribution in [0.4, 0.5) is 10.5 Å². The molecular weight excluding hydrogens is 817 g/mol. The lowest BCUT2D eigenvalue weighted by atomic mass is 9.97. The number of amides is 3. The summed E-state index contributed by atoms with van der Waals surface area (Å²) in [6, 6.07) is 24.9. The summed E-state index contributed by atoms with van der Waals surface area (Å²) in [4.78, 5) is 56.8. The second-order valence-corrected chi connectivity index (χ2v) is 20.6. The molecule has 1 aliphatic rings. The van der Waals surface area contributed by atoms with Crippen molar-refractivity contribution in [1.29, 1.82) is 0 Å². The number of ether oxygens (including phenoxy) is 2. The van der Waals surface area contributed by atoms with Gasteiger partial charge in [-0.3, -0.25) is 14.3 Å². The van der Waals surface area contributed by atoms with E-state index < -0.39 is 78.0 Å². The molecule has 0 saturated carbocycles. The molecule has 312 valence electrons. The van der Waals surface area contributed by atoms with E-state index in [1.165, 1.54) is 43.3 Å². The minimum absolute atomic E-state index is 0.0735. The lowest BCUT2D eigenvalue weighted by molar-refractivity contribution is -0.165. The summed E-state index contributed by atoms with van der Waals surface area (Å²) in [5, 5.41) is 3.64. The smallest absolute Gasteiger partial charge is 0.408 e. The van der Waals surface area contributed by atoms with E-state index in [0.29, 0.717) is 21.9 Å². The molecule has 4 aromatic rings. The van der Waals surface area contributed by atoms with Gasteiger partial charge in [0.15, 0.2) is 12.1 Å². The normalized spacial score (nSPS) is 16.6. The van der Waals surface area contributed by atoms with Gasteiger partial charge in [-0.1, -0.05) is 97.1 Å². The second-order valence-electron chi connectivity index (χ2n) is 15.0. The third kappa shape index (κ3) is 11.5. The van der Waals surface area contributed by atoms with Crippen LogP contribution in [-0.4, -0.2) is 74.9 Å². The highest BCUT2D eigenvalue weighted by Gasteiger charge is 2.56. The number of benzene rings is 4. The minimum atomic E-state index is -4.26. The number of alkyl carbamates (subject to hydrolysis) is 1. The fraction of sp³-hybridized carbons (Fsp3) is 0.286. The van der Waals surface area contributed by atoms with Crippen molar-refractivity contribution in [2.45, 2.75) is 74.7 Å². The van der Waals surface area contributed by atoms with Crippen LogP contribution in [0.5, 0.6) is 0 Å². The molecule has 1 heterocycles. The van der Waals surface area contributed by atoms with Gasteiger partial charge in [0.05, 0.1) is 11.2 Å². The lowest BCUT2D eigenvalue weighted by Gasteiger charge is -2.49. The van der Waals surface area contributed by atoms with Crippen molar-refractivity contribution in [3.63, 3.8) is 0 Å². The number of carbonyl (C=O) groups is 4. The number of likely N-dealkylation sites (tertiary alicyclic amines) is 1. The summed E-state index contributed by atoms with van der Waals surface area (Å²) in [5.41, 5.74) is 1.43. The van der Waals surface area contributed by atoms with Gasteiger partial charge in [-0.05, 0) is 81.1 Å². The topological polar surface area (TPSA) is 194 Å². The summed E-state index contributed by atoms with van der Waals surface area (Å²) >= 11 is 0. The zero-order chi connectivity index (χ0) is 43.3. The van der Waals surface area contributed by atoms with Crippen LogP contribution < -0.4 is 15.4 Å². The highest BCUT2D eigenvalue weighted by Crippen LogP contribution is 2.41. The molecule has 17 heteroatoms. The monoisotopic (exact) mass is 862 g/mol. The summed E-state index contributed by atoms with van der Waals surface area (Å²) in [7, 11) is -7.65. The number of anilines is 1. The quantitative estimate of drug-likeness (QED) is 0.0551. The molecule has 0 aromatic heterocycles. The maximum Gasteiger partial charge on any atom is 0.408 e. The summed E-state index contributed by atoms with van der Waals surface area (Å²) in [6.07, 6.45) is -0.977. The molecule has 59 heavy (non-hydrogen) atoms. The van der Waals surface area contributed by atoms with Crippen LogP contribution in [0.2, 0.25) is 0 Å². The average Bonchev–Trinajstić information content (AvgIpc) is 3.16. The average molecular weight is 863 g/mol. The molecule has 0 spiro atoms. The maximum absolute atomic E-state index is 14.3. The highest BCUT2D eigenvalue weighted by molar-refractivity contribution is 8.72. The molecule has 0 bridgehead atoms. The Morgan fingerprint density at radius 3 is 1.92 bits per heavy atom. The minimum Gasteiger partial charge on any atom is -0.451 e. The summed E-state index contributed by atoms with van der Waals surface area (Å²) in [5.74, 6) is -2.70. The van der Waals surface area contributed by atoms with Crippen molar-refractivity contribution in [1.82, 2.24) is 15.5 Å². The molecule has 4 atom stereocenters. The third-order valence-electron chi connectivity index (χ3n) is 8.77. The van der Waals surface area contributed by atoms with Crippen LogP contribution in [0, 0.1) is 6.92 Å². The number of rotatable bonds is 15. The van der Waals surface area contributed by atoms with Crippen LogP contribution in [0.1, 0.15) is 62.1 Å². The van der Waals surface area contributed by atoms with E-state index in [-0.39, 0.29) is 21.7 Å². The first-order valence-corrected chi connectivity index (χ1v) is 23.1. The van der Waals surface area contributed by atoms with Gasteiger partial charge < -0.3 is 25.0 Å². The second kappa shape index (κ2) is 18.1. The molecule has 14 nitrogen and oxygen atoms in total. The predicted molar refractivity (Wildman–Crippen MR) is 225 cm³/mol. The van der Waals surface area contributed by atoms with Crippen molar-refractivity contribution >= 4 is 59.3 Å². The van der Waals surface area contributed by atoms with E-state index in [0.717, 1.165) is 16.7 Å². The Morgan fingerprint density at radius 1 is 0.831 bits per heavy atom. The first-order valence-electron chi connectivity index (χ1n) is 18.3. The molecule has 1 fully saturated rings. The Labute approximate surface area is 348 Å².